The Morgan fingerprint density at radius 1 is 1.73 bits per heavy atom. The number of carboxylic acids is 1. The highest BCUT2D eigenvalue weighted by Gasteiger charge is 2.04. The van der Waals surface area contributed by atoms with E-state index in [9.17, 15) is 4.79 Å². The number of carboxylic acid groups (broad SMARTS) is 1. The highest BCUT2D eigenvalue weighted by Crippen LogP contribution is 2.01. The standard InChI is InChI=1S/C10H16N2O2S/c1-8(2-3-10(13)14)11-5-4-9-6-15-7-12-9/h6-8,11H,2-5H2,1H3,(H,13,14). The molecule has 0 spiro atoms. The molecule has 0 aliphatic carbocycles. The average Bonchev–Trinajstić information content (AvgIpc) is 2.67. The molecule has 4 nitrogen and oxygen atoms in total. The summed E-state index contributed by atoms with van der Waals surface area (Å²) in [6.45, 7) is 2.86. The SMILES string of the molecule is CC(CCC(=O)O)NCCc1cscn1. The second-order valence-electron chi connectivity index (χ2n) is 3.52. The Morgan fingerprint density at radius 3 is 3.13 bits per heavy atom. The van der Waals surface area contributed by atoms with Crippen molar-refractivity contribution in [3.8, 4) is 0 Å². The number of aliphatic carboxylic acids is 1. The minimum Gasteiger partial charge on any atom is -0.481 e. The Morgan fingerprint density at radius 2 is 2.53 bits per heavy atom. The van der Waals surface area contributed by atoms with Gasteiger partial charge in [0, 0.05) is 30.8 Å². The van der Waals surface area contributed by atoms with Crippen molar-refractivity contribution in [2.24, 2.45) is 0 Å². The molecule has 1 heterocycles. The van der Waals surface area contributed by atoms with E-state index < -0.39 is 5.97 Å². The van der Waals surface area contributed by atoms with E-state index in [4.69, 9.17) is 5.11 Å². The van der Waals surface area contributed by atoms with Gasteiger partial charge in [-0.05, 0) is 13.3 Å². The van der Waals surface area contributed by atoms with E-state index in [1.54, 1.807) is 11.3 Å². The van der Waals surface area contributed by atoms with Crippen LogP contribution in [0.15, 0.2) is 10.9 Å². The summed E-state index contributed by atoms with van der Waals surface area (Å²) in [7, 11) is 0. The Balaban J connectivity index is 2.06. The molecule has 0 radical (unpaired) electrons. The highest BCUT2D eigenvalue weighted by molar-refractivity contribution is 7.07. The molecule has 0 aromatic carbocycles. The molecule has 0 aliphatic rings. The molecule has 15 heavy (non-hydrogen) atoms. The Bertz CT molecular complexity index is 288. The van der Waals surface area contributed by atoms with E-state index in [0.29, 0.717) is 6.42 Å². The number of hydrogen-bond acceptors (Lipinski definition) is 4. The minimum atomic E-state index is -0.733. The molecule has 1 aromatic rings. The van der Waals surface area contributed by atoms with Crippen LogP contribution < -0.4 is 5.32 Å². The van der Waals surface area contributed by atoms with Crippen molar-refractivity contribution in [3.05, 3.63) is 16.6 Å². The second-order valence-corrected chi connectivity index (χ2v) is 4.24. The number of nitrogens with zero attached hydrogens (tertiary/aromatic N) is 1. The quantitative estimate of drug-likeness (QED) is 0.743. The molecule has 0 bridgehead atoms. The van der Waals surface area contributed by atoms with Crippen LogP contribution >= 0.6 is 11.3 Å². The van der Waals surface area contributed by atoms with Gasteiger partial charge in [-0.25, -0.2) is 4.98 Å². The number of carbonyl (C=O) groups is 1. The van der Waals surface area contributed by atoms with Crippen LogP contribution in [0.25, 0.3) is 0 Å². The number of hydrogen-bond donors (Lipinski definition) is 2. The molecular weight excluding hydrogens is 212 g/mol. The van der Waals surface area contributed by atoms with E-state index in [1.165, 1.54) is 0 Å². The lowest BCUT2D eigenvalue weighted by Crippen LogP contribution is -2.28. The van der Waals surface area contributed by atoms with E-state index in [2.05, 4.69) is 10.3 Å². The molecule has 0 amide bonds. The van der Waals surface area contributed by atoms with Crippen LogP contribution in [0, 0.1) is 0 Å². The molecule has 1 aromatic heterocycles. The number of thiazole rings is 1. The third kappa shape index (κ3) is 5.49. The van der Waals surface area contributed by atoms with Gasteiger partial charge >= 0.3 is 5.97 Å². The molecule has 1 unspecified atom stereocenters. The number of rotatable bonds is 7. The lowest BCUT2D eigenvalue weighted by molar-refractivity contribution is -0.137. The van der Waals surface area contributed by atoms with Crippen molar-refractivity contribution < 1.29 is 9.90 Å². The van der Waals surface area contributed by atoms with Gasteiger partial charge in [0.05, 0.1) is 11.2 Å². The summed E-state index contributed by atoms with van der Waals surface area (Å²) < 4.78 is 0. The number of nitrogens with one attached hydrogen (secondary N) is 1. The van der Waals surface area contributed by atoms with Gasteiger partial charge in [-0.3, -0.25) is 4.79 Å². The zero-order chi connectivity index (χ0) is 11.1. The van der Waals surface area contributed by atoms with Crippen LogP contribution in [-0.4, -0.2) is 28.6 Å². The average molecular weight is 228 g/mol. The van der Waals surface area contributed by atoms with E-state index in [0.717, 1.165) is 18.7 Å². The maximum absolute atomic E-state index is 10.3. The molecule has 84 valence electrons. The summed E-state index contributed by atoms with van der Waals surface area (Å²) in [4.78, 5) is 14.5. The molecular formula is C10H16N2O2S. The third-order valence-corrected chi connectivity index (χ3v) is 2.78. The molecule has 1 atom stereocenters. The van der Waals surface area contributed by atoms with Crippen molar-refractivity contribution in [2.45, 2.75) is 32.2 Å². The van der Waals surface area contributed by atoms with Crippen molar-refractivity contribution >= 4 is 17.3 Å². The van der Waals surface area contributed by atoms with Gasteiger partial charge in [0.15, 0.2) is 0 Å². The van der Waals surface area contributed by atoms with Crippen LogP contribution in [-0.2, 0) is 11.2 Å². The maximum Gasteiger partial charge on any atom is 0.303 e. The van der Waals surface area contributed by atoms with Crippen molar-refractivity contribution in [1.29, 1.82) is 0 Å². The van der Waals surface area contributed by atoms with Crippen molar-refractivity contribution in [1.82, 2.24) is 10.3 Å². The predicted molar refractivity (Wildman–Crippen MR) is 60.2 cm³/mol. The van der Waals surface area contributed by atoms with Gasteiger partial charge in [-0.1, -0.05) is 0 Å². The summed E-state index contributed by atoms with van der Waals surface area (Å²) in [6, 6.07) is 0.250. The molecule has 0 aliphatic heterocycles. The van der Waals surface area contributed by atoms with Crippen LogP contribution in [0.1, 0.15) is 25.5 Å². The predicted octanol–water partition coefficient (Wildman–Crippen LogP) is 1.53. The van der Waals surface area contributed by atoms with Crippen molar-refractivity contribution in [3.63, 3.8) is 0 Å². The first kappa shape index (κ1) is 12.1. The first-order valence-corrected chi connectivity index (χ1v) is 5.95. The lowest BCUT2D eigenvalue weighted by Gasteiger charge is -2.11. The fraction of sp³-hybridized carbons (Fsp3) is 0.600. The molecule has 1 rings (SSSR count). The molecule has 2 N–H and O–H groups in total. The van der Waals surface area contributed by atoms with E-state index in [-0.39, 0.29) is 12.5 Å². The first-order valence-electron chi connectivity index (χ1n) is 5.00. The zero-order valence-electron chi connectivity index (χ0n) is 8.77. The van der Waals surface area contributed by atoms with Crippen LogP contribution in [0.4, 0.5) is 0 Å². The zero-order valence-corrected chi connectivity index (χ0v) is 9.59. The van der Waals surface area contributed by atoms with Gasteiger partial charge in [0.1, 0.15) is 0 Å². The lowest BCUT2D eigenvalue weighted by atomic mass is 10.2. The monoisotopic (exact) mass is 228 g/mol. The normalized spacial score (nSPS) is 12.6. The molecule has 0 saturated heterocycles. The van der Waals surface area contributed by atoms with Gasteiger partial charge in [0.2, 0.25) is 0 Å². The molecule has 0 fully saturated rings. The minimum absolute atomic E-state index is 0.227. The van der Waals surface area contributed by atoms with E-state index in [1.807, 2.05) is 17.8 Å². The Labute approximate surface area is 93.4 Å². The molecule has 5 heteroatoms. The summed E-state index contributed by atoms with van der Waals surface area (Å²) in [6.07, 6.45) is 1.80. The number of aromatic nitrogens is 1. The van der Waals surface area contributed by atoms with Gasteiger partial charge in [0.25, 0.3) is 0 Å². The fourth-order valence-corrected chi connectivity index (χ4v) is 1.84. The van der Waals surface area contributed by atoms with E-state index >= 15 is 0 Å². The second kappa shape index (κ2) is 6.53. The topological polar surface area (TPSA) is 62.2 Å². The van der Waals surface area contributed by atoms with Crippen LogP contribution in [0.5, 0.6) is 0 Å². The summed E-state index contributed by atoms with van der Waals surface area (Å²) in [5.41, 5.74) is 2.92. The van der Waals surface area contributed by atoms with Crippen LogP contribution in [0.2, 0.25) is 0 Å². The van der Waals surface area contributed by atoms with Gasteiger partial charge in [-0.15, -0.1) is 11.3 Å². The Kier molecular flexibility index (Phi) is 5.28. The fourth-order valence-electron chi connectivity index (χ4n) is 1.25. The molecule has 0 saturated carbocycles. The largest absolute Gasteiger partial charge is 0.481 e. The summed E-state index contributed by atoms with van der Waals surface area (Å²) >= 11 is 1.60. The first-order chi connectivity index (χ1) is 7.18. The summed E-state index contributed by atoms with van der Waals surface area (Å²) in [5.74, 6) is -0.733. The third-order valence-electron chi connectivity index (χ3n) is 2.15. The van der Waals surface area contributed by atoms with Gasteiger partial charge < -0.3 is 10.4 Å². The maximum atomic E-state index is 10.3. The Hall–Kier alpha value is -0.940. The van der Waals surface area contributed by atoms with Gasteiger partial charge in [-0.2, -0.15) is 0 Å². The highest BCUT2D eigenvalue weighted by atomic mass is 32.1. The van der Waals surface area contributed by atoms with Crippen molar-refractivity contribution in [2.75, 3.05) is 6.54 Å². The smallest absolute Gasteiger partial charge is 0.303 e. The van der Waals surface area contributed by atoms with Crippen LogP contribution in [0.3, 0.4) is 0 Å². The summed E-state index contributed by atoms with van der Waals surface area (Å²) in [5, 5.41) is 13.8.